The van der Waals surface area contributed by atoms with E-state index in [2.05, 4.69) is 0 Å². The Hall–Kier alpha value is -2.08. The van der Waals surface area contributed by atoms with Gasteiger partial charge in [-0.3, -0.25) is 4.79 Å². The van der Waals surface area contributed by atoms with Crippen molar-refractivity contribution in [2.24, 2.45) is 17.6 Å². The number of ether oxygens (including phenoxy) is 1. The summed E-state index contributed by atoms with van der Waals surface area (Å²) in [6.45, 7) is 0.628. The molecule has 0 saturated heterocycles. The first kappa shape index (κ1) is 15.3. The van der Waals surface area contributed by atoms with Gasteiger partial charge in [0.1, 0.15) is 17.1 Å². The van der Waals surface area contributed by atoms with Gasteiger partial charge in [-0.1, -0.05) is 0 Å². The molecule has 6 nitrogen and oxygen atoms in total. The van der Waals surface area contributed by atoms with Gasteiger partial charge in [0.15, 0.2) is 0 Å². The molecule has 0 radical (unpaired) electrons. The van der Waals surface area contributed by atoms with E-state index in [0.717, 1.165) is 18.9 Å². The van der Waals surface area contributed by atoms with Crippen LogP contribution in [0.3, 0.4) is 0 Å². The van der Waals surface area contributed by atoms with Crippen molar-refractivity contribution < 1.29 is 24.5 Å². The summed E-state index contributed by atoms with van der Waals surface area (Å²) in [4.78, 5) is 23.2. The number of carbonyl (C=O) groups excluding carboxylic acids is 1. The van der Waals surface area contributed by atoms with Crippen LogP contribution in [0.25, 0.3) is 0 Å². The molecule has 0 bridgehead atoms. The molecule has 114 valence electrons. The van der Waals surface area contributed by atoms with Crippen molar-refractivity contribution in [1.29, 1.82) is 0 Å². The maximum Gasteiger partial charge on any atom is 0.339 e. The van der Waals surface area contributed by atoms with Crippen LogP contribution in [0.4, 0.5) is 0 Å². The third-order valence-corrected chi connectivity index (χ3v) is 3.92. The van der Waals surface area contributed by atoms with Gasteiger partial charge in [-0.2, -0.15) is 0 Å². The summed E-state index contributed by atoms with van der Waals surface area (Å²) >= 11 is 0. The Balaban J connectivity index is 2.05. The topological polar surface area (TPSA) is 110 Å². The smallest absolute Gasteiger partial charge is 0.339 e. The van der Waals surface area contributed by atoms with Crippen molar-refractivity contribution in [3.05, 3.63) is 23.8 Å². The van der Waals surface area contributed by atoms with Gasteiger partial charge in [-0.15, -0.1) is 0 Å². The van der Waals surface area contributed by atoms with E-state index in [9.17, 15) is 14.7 Å². The summed E-state index contributed by atoms with van der Waals surface area (Å²) < 4.78 is 5.21. The predicted molar refractivity (Wildman–Crippen MR) is 75.2 cm³/mol. The monoisotopic (exact) mass is 293 g/mol. The minimum absolute atomic E-state index is 0.0359. The van der Waals surface area contributed by atoms with Crippen LogP contribution in [0.5, 0.6) is 11.5 Å². The highest BCUT2D eigenvalue weighted by atomic mass is 16.5. The van der Waals surface area contributed by atoms with E-state index >= 15 is 0 Å². The number of aromatic hydroxyl groups is 1. The lowest BCUT2D eigenvalue weighted by Crippen LogP contribution is -2.28. The normalized spacial score (nSPS) is 21.8. The number of hydrogen-bond donors (Lipinski definition) is 3. The minimum atomic E-state index is -1.25. The lowest BCUT2D eigenvalue weighted by atomic mass is 9.82. The Morgan fingerprint density at radius 2 is 1.90 bits per heavy atom. The number of nitrogens with two attached hydrogens (primary N) is 1. The Morgan fingerprint density at radius 3 is 2.48 bits per heavy atom. The van der Waals surface area contributed by atoms with Gasteiger partial charge in [-0.05, 0) is 56.3 Å². The zero-order chi connectivity index (χ0) is 15.4. The van der Waals surface area contributed by atoms with Crippen molar-refractivity contribution in [3.8, 4) is 11.5 Å². The first-order chi connectivity index (χ1) is 10.0. The number of hydrogen-bond acceptors (Lipinski definition) is 5. The van der Waals surface area contributed by atoms with E-state index < -0.39 is 11.9 Å². The molecule has 0 aromatic heterocycles. The van der Waals surface area contributed by atoms with E-state index in [4.69, 9.17) is 15.6 Å². The summed E-state index contributed by atoms with van der Waals surface area (Å²) in [5, 5.41) is 18.4. The molecule has 1 aromatic carbocycles. The number of carboxylic acids is 1. The molecular weight excluding hydrogens is 274 g/mol. The number of aromatic carboxylic acids is 1. The van der Waals surface area contributed by atoms with Gasteiger partial charge in [-0.25, -0.2) is 4.79 Å². The third-order valence-electron chi connectivity index (χ3n) is 3.92. The molecule has 0 amide bonds. The second kappa shape index (κ2) is 6.58. The zero-order valence-corrected chi connectivity index (χ0v) is 11.6. The van der Waals surface area contributed by atoms with E-state index in [1.54, 1.807) is 0 Å². The summed E-state index contributed by atoms with van der Waals surface area (Å²) in [6, 6.07) is 3.65. The molecule has 0 atom stereocenters. The third kappa shape index (κ3) is 3.72. The van der Waals surface area contributed by atoms with Gasteiger partial charge in [0.05, 0.1) is 5.92 Å². The van der Waals surface area contributed by atoms with Crippen LogP contribution in [0.15, 0.2) is 18.2 Å². The van der Waals surface area contributed by atoms with Gasteiger partial charge < -0.3 is 20.7 Å². The molecule has 1 aromatic rings. The molecular formula is C15H19NO5. The highest BCUT2D eigenvalue weighted by Crippen LogP contribution is 2.30. The van der Waals surface area contributed by atoms with E-state index in [-0.39, 0.29) is 23.0 Å². The fourth-order valence-corrected chi connectivity index (χ4v) is 2.60. The fraction of sp³-hybridized carbons (Fsp3) is 0.467. The molecule has 1 aliphatic carbocycles. The molecule has 0 spiro atoms. The number of phenols is 1. The lowest BCUT2D eigenvalue weighted by Gasteiger charge is -2.26. The minimum Gasteiger partial charge on any atom is -0.508 e. The first-order valence-electron chi connectivity index (χ1n) is 6.99. The lowest BCUT2D eigenvalue weighted by molar-refractivity contribution is -0.140. The number of carboxylic acid groups (broad SMARTS) is 1. The standard InChI is InChI=1S/C15H19NO5/c16-8-9-1-3-10(4-2-9)15(20)21-13-6-5-11(17)7-12(13)14(18)19/h5-7,9-10,17H,1-4,8,16H2,(H,18,19)/t9-,10-. The number of phenolic OH excluding ortho intramolecular Hbond substituents is 1. The predicted octanol–water partition coefficient (Wildman–Crippen LogP) is 1.76. The van der Waals surface area contributed by atoms with Crippen molar-refractivity contribution in [3.63, 3.8) is 0 Å². The van der Waals surface area contributed by atoms with E-state index in [0.29, 0.717) is 25.3 Å². The maximum atomic E-state index is 12.1. The van der Waals surface area contributed by atoms with Gasteiger partial charge >= 0.3 is 11.9 Å². The van der Waals surface area contributed by atoms with Crippen molar-refractivity contribution >= 4 is 11.9 Å². The van der Waals surface area contributed by atoms with Crippen molar-refractivity contribution in [2.75, 3.05) is 6.54 Å². The van der Waals surface area contributed by atoms with Crippen LogP contribution in [-0.2, 0) is 4.79 Å². The SMILES string of the molecule is NC[C@H]1CC[C@H](C(=O)Oc2ccc(O)cc2C(=O)O)CC1. The Kier molecular flexibility index (Phi) is 4.80. The summed E-state index contributed by atoms with van der Waals surface area (Å²) in [5.41, 5.74) is 5.39. The molecule has 2 rings (SSSR count). The Morgan fingerprint density at radius 1 is 1.24 bits per heavy atom. The number of rotatable bonds is 4. The molecule has 6 heteroatoms. The highest BCUT2D eigenvalue weighted by Gasteiger charge is 2.28. The quantitative estimate of drug-likeness (QED) is 0.576. The van der Waals surface area contributed by atoms with Crippen molar-refractivity contribution in [2.45, 2.75) is 25.7 Å². The number of benzene rings is 1. The van der Waals surface area contributed by atoms with Crippen LogP contribution in [0.1, 0.15) is 36.0 Å². The number of carbonyl (C=O) groups is 2. The Labute approximate surface area is 122 Å². The zero-order valence-electron chi connectivity index (χ0n) is 11.6. The second-order valence-electron chi connectivity index (χ2n) is 5.36. The maximum absolute atomic E-state index is 12.1. The molecule has 1 fully saturated rings. The van der Waals surface area contributed by atoms with Gasteiger partial charge in [0.25, 0.3) is 0 Å². The largest absolute Gasteiger partial charge is 0.508 e. The summed E-state index contributed by atoms with van der Waals surface area (Å²) in [5.74, 6) is -1.65. The van der Waals surface area contributed by atoms with Crippen LogP contribution in [0, 0.1) is 11.8 Å². The molecule has 0 unspecified atom stereocenters. The molecule has 1 aliphatic rings. The average molecular weight is 293 g/mol. The summed E-state index contributed by atoms with van der Waals surface area (Å²) in [6.07, 6.45) is 3.19. The second-order valence-corrected chi connectivity index (χ2v) is 5.36. The molecule has 0 heterocycles. The van der Waals surface area contributed by atoms with E-state index in [1.807, 2.05) is 0 Å². The fourth-order valence-electron chi connectivity index (χ4n) is 2.60. The van der Waals surface area contributed by atoms with Gasteiger partial charge in [0.2, 0.25) is 0 Å². The number of esters is 1. The highest BCUT2D eigenvalue weighted by molar-refractivity contribution is 5.92. The van der Waals surface area contributed by atoms with Crippen LogP contribution in [0.2, 0.25) is 0 Å². The van der Waals surface area contributed by atoms with E-state index in [1.165, 1.54) is 12.1 Å². The molecule has 4 N–H and O–H groups in total. The van der Waals surface area contributed by atoms with Crippen molar-refractivity contribution in [1.82, 2.24) is 0 Å². The molecule has 1 saturated carbocycles. The van der Waals surface area contributed by atoms with Crippen LogP contribution in [-0.4, -0.2) is 28.7 Å². The van der Waals surface area contributed by atoms with Crippen LogP contribution >= 0.6 is 0 Å². The average Bonchev–Trinajstić information content (AvgIpc) is 2.49. The molecule has 21 heavy (non-hydrogen) atoms. The summed E-state index contributed by atoms with van der Waals surface area (Å²) in [7, 11) is 0. The first-order valence-corrected chi connectivity index (χ1v) is 6.99. The molecule has 0 aliphatic heterocycles. The van der Waals surface area contributed by atoms with Gasteiger partial charge in [0, 0.05) is 0 Å². The Bertz CT molecular complexity index is 535. The van der Waals surface area contributed by atoms with Crippen LogP contribution < -0.4 is 10.5 Å².